The van der Waals surface area contributed by atoms with Crippen molar-refractivity contribution in [2.75, 3.05) is 25.0 Å². The Morgan fingerprint density at radius 1 is 0.971 bits per heavy atom. The molecule has 0 saturated carbocycles. The Labute approximate surface area is 211 Å². The van der Waals surface area contributed by atoms with Crippen LogP contribution in [0.5, 0.6) is 11.5 Å². The molecule has 2 N–H and O–H groups in total. The van der Waals surface area contributed by atoms with E-state index in [4.69, 9.17) is 21.1 Å². The van der Waals surface area contributed by atoms with Gasteiger partial charge in [-0.1, -0.05) is 37.1 Å². The van der Waals surface area contributed by atoms with Crippen LogP contribution in [0, 0.1) is 0 Å². The van der Waals surface area contributed by atoms with Gasteiger partial charge >= 0.3 is 0 Å². The van der Waals surface area contributed by atoms with Crippen molar-refractivity contribution in [3.05, 3.63) is 82.9 Å². The number of anilines is 1. The highest BCUT2D eigenvalue weighted by Gasteiger charge is 2.19. The van der Waals surface area contributed by atoms with Crippen LogP contribution in [0.1, 0.15) is 35.7 Å². The van der Waals surface area contributed by atoms with Crippen LogP contribution in [0.25, 0.3) is 0 Å². The molecule has 3 aromatic carbocycles. The van der Waals surface area contributed by atoms with Crippen LogP contribution in [0.15, 0.2) is 71.6 Å². The summed E-state index contributed by atoms with van der Waals surface area (Å²) >= 11 is 6.09. The van der Waals surface area contributed by atoms with Gasteiger partial charge in [0.05, 0.1) is 29.9 Å². The van der Waals surface area contributed by atoms with Crippen LogP contribution in [-0.4, -0.2) is 34.6 Å². The molecule has 0 aromatic heterocycles. The molecular formula is C26H29ClN2O5S. The fourth-order valence-electron chi connectivity index (χ4n) is 3.25. The topological polar surface area (TPSA) is 93.7 Å². The number of sulfonamides is 1. The van der Waals surface area contributed by atoms with Crippen LogP contribution >= 0.6 is 11.6 Å². The summed E-state index contributed by atoms with van der Waals surface area (Å²) in [5.41, 5.74) is 1.30. The van der Waals surface area contributed by atoms with Crippen molar-refractivity contribution in [3.63, 3.8) is 0 Å². The molecule has 186 valence electrons. The number of amides is 1. The van der Waals surface area contributed by atoms with Gasteiger partial charge in [-0.3, -0.25) is 9.52 Å². The summed E-state index contributed by atoms with van der Waals surface area (Å²) in [5.74, 6) is 0.923. The fourth-order valence-corrected chi connectivity index (χ4v) is 4.51. The first-order chi connectivity index (χ1) is 16.8. The first kappa shape index (κ1) is 26.4. The number of hydrogen-bond donors (Lipinski definition) is 2. The van der Waals surface area contributed by atoms with E-state index >= 15 is 0 Å². The summed E-state index contributed by atoms with van der Waals surface area (Å²) < 4.78 is 39.2. The van der Waals surface area contributed by atoms with Crippen molar-refractivity contribution < 1.29 is 22.7 Å². The molecule has 0 heterocycles. The van der Waals surface area contributed by atoms with Gasteiger partial charge in [-0.15, -0.1) is 0 Å². The summed E-state index contributed by atoms with van der Waals surface area (Å²) in [6.45, 7) is 3.00. The maximum atomic E-state index is 13.0. The van der Waals surface area contributed by atoms with Gasteiger partial charge in [0.1, 0.15) is 11.5 Å². The Morgan fingerprint density at radius 3 is 2.31 bits per heavy atom. The molecule has 35 heavy (non-hydrogen) atoms. The SMILES string of the molecule is CCCCOc1ccc(S(=O)(=O)Nc2ccc(Cl)cc2C(=O)NCCc2ccc(OC)cc2)cc1. The van der Waals surface area contributed by atoms with E-state index in [1.54, 1.807) is 19.2 Å². The standard InChI is InChI=1S/C26H29ClN2O5S/c1-3-4-17-34-22-10-12-23(13-11-22)35(31,32)29-25-14-7-20(27)18-24(25)26(30)28-16-15-19-5-8-21(33-2)9-6-19/h5-14,18,29H,3-4,15-17H2,1-2H3,(H,28,30). The van der Waals surface area contributed by atoms with Crippen LogP contribution in [-0.2, 0) is 16.4 Å². The zero-order valence-electron chi connectivity index (χ0n) is 19.7. The minimum Gasteiger partial charge on any atom is -0.497 e. The number of nitrogens with one attached hydrogen (secondary N) is 2. The van der Waals surface area contributed by atoms with Crippen LogP contribution in [0.4, 0.5) is 5.69 Å². The van der Waals surface area contributed by atoms with Gasteiger partial charge < -0.3 is 14.8 Å². The molecule has 7 nitrogen and oxygen atoms in total. The van der Waals surface area contributed by atoms with Gasteiger partial charge in [-0.25, -0.2) is 8.42 Å². The minimum absolute atomic E-state index is 0.0566. The van der Waals surface area contributed by atoms with Gasteiger partial charge in [-0.05, 0) is 73.0 Å². The van der Waals surface area contributed by atoms with E-state index in [9.17, 15) is 13.2 Å². The number of unbranched alkanes of at least 4 members (excludes halogenated alkanes) is 1. The zero-order chi connectivity index (χ0) is 25.3. The average molecular weight is 517 g/mol. The van der Waals surface area contributed by atoms with Gasteiger partial charge in [0.15, 0.2) is 0 Å². The molecule has 0 bridgehead atoms. The Kier molecular flexibility index (Phi) is 9.39. The first-order valence-electron chi connectivity index (χ1n) is 11.3. The highest BCUT2D eigenvalue weighted by Crippen LogP contribution is 2.25. The van der Waals surface area contributed by atoms with Crippen molar-refractivity contribution in [2.24, 2.45) is 0 Å². The molecule has 3 rings (SSSR count). The van der Waals surface area contributed by atoms with Crippen molar-refractivity contribution in [3.8, 4) is 11.5 Å². The largest absolute Gasteiger partial charge is 0.497 e. The summed E-state index contributed by atoms with van der Waals surface area (Å²) in [7, 11) is -2.33. The molecule has 0 radical (unpaired) electrons. The number of methoxy groups -OCH3 is 1. The van der Waals surface area contributed by atoms with E-state index in [1.165, 1.54) is 30.3 Å². The first-order valence-corrected chi connectivity index (χ1v) is 13.1. The molecule has 3 aromatic rings. The lowest BCUT2D eigenvalue weighted by molar-refractivity contribution is 0.0955. The second-order valence-electron chi connectivity index (χ2n) is 7.82. The Hall–Kier alpha value is -3.23. The average Bonchev–Trinajstić information content (AvgIpc) is 2.86. The maximum Gasteiger partial charge on any atom is 0.261 e. The van der Waals surface area contributed by atoms with E-state index in [-0.39, 0.29) is 16.1 Å². The Morgan fingerprint density at radius 2 is 1.66 bits per heavy atom. The molecule has 0 aliphatic carbocycles. The highest BCUT2D eigenvalue weighted by molar-refractivity contribution is 7.92. The van der Waals surface area contributed by atoms with E-state index < -0.39 is 15.9 Å². The van der Waals surface area contributed by atoms with Crippen LogP contribution < -0.4 is 19.5 Å². The second-order valence-corrected chi connectivity index (χ2v) is 9.94. The quantitative estimate of drug-likeness (QED) is 0.318. The summed E-state index contributed by atoms with van der Waals surface area (Å²) in [6, 6.07) is 18.1. The summed E-state index contributed by atoms with van der Waals surface area (Å²) in [5, 5.41) is 3.14. The Bertz CT molecular complexity index is 1230. The molecule has 0 spiro atoms. The van der Waals surface area contributed by atoms with Gasteiger partial charge in [0.2, 0.25) is 0 Å². The number of rotatable bonds is 12. The molecule has 0 aliphatic rings. The number of benzene rings is 3. The van der Waals surface area contributed by atoms with Crippen molar-refractivity contribution >= 4 is 33.2 Å². The normalized spacial score (nSPS) is 11.1. The number of carbonyl (C=O) groups is 1. The van der Waals surface area contributed by atoms with Gasteiger partial charge in [0.25, 0.3) is 15.9 Å². The maximum absolute atomic E-state index is 13.0. The van der Waals surface area contributed by atoms with Crippen molar-refractivity contribution in [2.45, 2.75) is 31.1 Å². The zero-order valence-corrected chi connectivity index (χ0v) is 21.3. The summed E-state index contributed by atoms with van der Waals surface area (Å²) in [6.07, 6.45) is 2.53. The highest BCUT2D eigenvalue weighted by atomic mass is 35.5. The van der Waals surface area contributed by atoms with Gasteiger partial charge in [-0.2, -0.15) is 0 Å². The van der Waals surface area contributed by atoms with E-state index in [1.807, 2.05) is 24.3 Å². The molecule has 0 fully saturated rings. The monoisotopic (exact) mass is 516 g/mol. The molecule has 9 heteroatoms. The van der Waals surface area contributed by atoms with Gasteiger partial charge in [0, 0.05) is 11.6 Å². The molecule has 0 saturated heterocycles. The lowest BCUT2D eigenvalue weighted by Crippen LogP contribution is -2.27. The van der Waals surface area contributed by atoms with E-state index in [0.717, 1.165) is 24.2 Å². The molecule has 0 atom stereocenters. The predicted molar refractivity (Wildman–Crippen MR) is 138 cm³/mol. The minimum atomic E-state index is -3.93. The molecular weight excluding hydrogens is 488 g/mol. The lowest BCUT2D eigenvalue weighted by Gasteiger charge is -2.14. The smallest absolute Gasteiger partial charge is 0.261 e. The van der Waals surface area contributed by atoms with Crippen LogP contribution in [0.2, 0.25) is 5.02 Å². The molecule has 0 unspecified atom stereocenters. The lowest BCUT2D eigenvalue weighted by atomic mass is 10.1. The second kappa shape index (κ2) is 12.5. The molecule has 1 amide bonds. The number of halogens is 1. The number of ether oxygens (including phenoxy) is 2. The third-order valence-corrected chi connectivity index (χ3v) is 6.85. The number of hydrogen-bond acceptors (Lipinski definition) is 5. The van der Waals surface area contributed by atoms with E-state index in [0.29, 0.717) is 30.3 Å². The van der Waals surface area contributed by atoms with Crippen molar-refractivity contribution in [1.82, 2.24) is 5.32 Å². The summed E-state index contributed by atoms with van der Waals surface area (Å²) in [4.78, 5) is 12.9. The predicted octanol–water partition coefficient (Wildman–Crippen LogP) is 5.30. The number of carbonyl (C=O) groups excluding carboxylic acids is 1. The third-order valence-electron chi connectivity index (χ3n) is 5.23. The Balaban J connectivity index is 1.68. The fraction of sp³-hybridized carbons (Fsp3) is 0.269. The van der Waals surface area contributed by atoms with Crippen molar-refractivity contribution in [1.29, 1.82) is 0 Å². The van der Waals surface area contributed by atoms with Crippen LogP contribution in [0.3, 0.4) is 0 Å². The third kappa shape index (κ3) is 7.63. The van der Waals surface area contributed by atoms with E-state index in [2.05, 4.69) is 17.0 Å². The molecule has 0 aliphatic heterocycles.